The molecule has 0 aliphatic heterocycles. The van der Waals surface area contributed by atoms with E-state index in [4.69, 9.17) is 4.74 Å². The molecule has 1 amide bonds. The average Bonchev–Trinajstić information content (AvgIpc) is 2.69. The molecule has 0 saturated carbocycles. The van der Waals surface area contributed by atoms with Crippen LogP contribution in [0.3, 0.4) is 0 Å². The molecule has 0 spiro atoms. The van der Waals surface area contributed by atoms with Crippen molar-refractivity contribution in [3.8, 4) is 0 Å². The van der Waals surface area contributed by atoms with Crippen LogP contribution in [-0.2, 0) is 26.1 Å². The number of amides is 1. The van der Waals surface area contributed by atoms with Crippen molar-refractivity contribution in [3.05, 3.63) is 65.2 Å². The first-order valence-corrected chi connectivity index (χ1v) is 11.2. The Morgan fingerprint density at radius 2 is 1.59 bits per heavy atom. The van der Waals surface area contributed by atoms with Gasteiger partial charge in [0.15, 0.2) is 0 Å². The summed E-state index contributed by atoms with van der Waals surface area (Å²) >= 11 is 0. The fourth-order valence-electron chi connectivity index (χ4n) is 2.74. The third kappa shape index (κ3) is 7.27. The van der Waals surface area contributed by atoms with Crippen LogP contribution in [0.25, 0.3) is 0 Å². The van der Waals surface area contributed by atoms with E-state index >= 15 is 0 Å². The molecule has 7 heteroatoms. The minimum Gasteiger partial charge on any atom is -0.382 e. The molecule has 0 radical (unpaired) electrons. The van der Waals surface area contributed by atoms with E-state index in [0.29, 0.717) is 26.2 Å². The topological polar surface area (TPSA) is 75.7 Å². The van der Waals surface area contributed by atoms with Crippen molar-refractivity contribution >= 4 is 15.9 Å². The summed E-state index contributed by atoms with van der Waals surface area (Å²) in [6.45, 7) is 7.32. The highest BCUT2D eigenvalue weighted by Crippen LogP contribution is 2.19. The second-order valence-electron chi connectivity index (χ2n) is 6.97. The van der Waals surface area contributed by atoms with Gasteiger partial charge in [0.25, 0.3) is 0 Å². The summed E-state index contributed by atoms with van der Waals surface area (Å²) < 4.78 is 32.9. The van der Waals surface area contributed by atoms with Crippen molar-refractivity contribution < 1.29 is 17.9 Å². The van der Waals surface area contributed by atoms with Crippen LogP contribution in [0, 0.1) is 13.8 Å². The normalized spacial score (nSPS) is 11.6. The van der Waals surface area contributed by atoms with Crippen LogP contribution in [0.15, 0.2) is 53.4 Å². The van der Waals surface area contributed by atoms with E-state index in [0.717, 1.165) is 16.7 Å². The van der Waals surface area contributed by atoms with E-state index < -0.39 is 10.0 Å². The van der Waals surface area contributed by atoms with Crippen LogP contribution in [0.1, 0.15) is 30.0 Å². The van der Waals surface area contributed by atoms with Crippen LogP contribution in [0.4, 0.5) is 0 Å². The molecule has 29 heavy (non-hydrogen) atoms. The zero-order valence-electron chi connectivity index (χ0n) is 17.3. The molecule has 0 atom stereocenters. The van der Waals surface area contributed by atoms with Gasteiger partial charge in [0.1, 0.15) is 0 Å². The fraction of sp³-hybridized carbons (Fsp3) is 0.409. The first-order chi connectivity index (χ1) is 13.8. The van der Waals surface area contributed by atoms with E-state index in [9.17, 15) is 13.2 Å². The number of benzene rings is 2. The zero-order chi connectivity index (χ0) is 21.3. The van der Waals surface area contributed by atoms with Gasteiger partial charge in [-0.2, -0.15) is 4.31 Å². The molecule has 0 fully saturated rings. The summed E-state index contributed by atoms with van der Waals surface area (Å²) in [6.07, 6.45) is 0.683. The maximum Gasteiger partial charge on any atom is 0.243 e. The van der Waals surface area contributed by atoms with Gasteiger partial charge >= 0.3 is 0 Å². The predicted molar refractivity (Wildman–Crippen MR) is 114 cm³/mol. The fourth-order valence-corrected chi connectivity index (χ4v) is 4.13. The standard InChI is InChI=1S/C22H30N2O4S/c1-4-28-15-5-14-23-22(25)17-24(16-20-10-6-18(2)7-11-20)29(26,27)21-12-8-19(3)9-13-21/h6-13H,4-5,14-17H2,1-3H3,(H,23,25). The molecule has 0 aliphatic rings. The molecule has 0 heterocycles. The summed E-state index contributed by atoms with van der Waals surface area (Å²) in [6, 6.07) is 14.3. The lowest BCUT2D eigenvalue weighted by molar-refractivity contribution is -0.121. The van der Waals surface area contributed by atoms with Crippen LogP contribution < -0.4 is 5.32 Å². The number of carbonyl (C=O) groups is 1. The highest BCUT2D eigenvalue weighted by molar-refractivity contribution is 7.89. The van der Waals surface area contributed by atoms with Gasteiger partial charge in [0.2, 0.25) is 15.9 Å². The Morgan fingerprint density at radius 1 is 1.00 bits per heavy atom. The van der Waals surface area contributed by atoms with E-state index in [-0.39, 0.29) is 23.9 Å². The molecule has 6 nitrogen and oxygen atoms in total. The number of aryl methyl sites for hydroxylation is 2. The van der Waals surface area contributed by atoms with Crippen molar-refractivity contribution in [2.24, 2.45) is 0 Å². The number of hydrogen-bond acceptors (Lipinski definition) is 4. The van der Waals surface area contributed by atoms with Gasteiger partial charge in [-0.1, -0.05) is 47.5 Å². The third-order valence-electron chi connectivity index (χ3n) is 4.45. The summed E-state index contributed by atoms with van der Waals surface area (Å²) in [4.78, 5) is 12.6. The first-order valence-electron chi connectivity index (χ1n) is 9.79. The summed E-state index contributed by atoms with van der Waals surface area (Å²) in [5.74, 6) is -0.329. The SMILES string of the molecule is CCOCCCNC(=O)CN(Cc1ccc(C)cc1)S(=O)(=O)c1ccc(C)cc1. The second kappa shape index (κ2) is 11.1. The molecule has 2 aromatic rings. The van der Waals surface area contributed by atoms with E-state index in [1.807, 2.05) is 45.0 Å². The Bertz CT molecular complexity index is 878. The number of nitrogens with zero attached hydrogens (tertiary/aromatic N) is 1. The molecule has 0 saturated heterocycles. The summed E-state index contributed by atoms with van der Waals surface area (Å²) in [7, 11) is -3.81. The van der Waals surface area contributed by atoms with Crippen LogP contribution in [-0.4, -0.2) is 44.9 Å². The number of hydrogen-bond donors (Lipinski definition) is 1. The van der Waals surface area contributed by atoms with Gasteiger partial charge in [-0.05, 0) is 44.9 Å². The van der Waals surface area contributed by atoms with Crippen molar-refractivity contribution in [1.82, 2.24) is 9.62 Å². The largest absolute Gasteiger partial charge is 0.382 e. The Hall–Kier alpha value is -2.22. The minimum absolute atomic E-state index is 0.128. The lowest BCUT2D eigenvalue weighted by Crippen LogP contribution is -2.40. The lowest BCUT2D eigenvalue weighted by atomic mass is 10.1. The molecule has 2 aromatic carbocycles. The highest BCUT2D eigenvalue weighted by Gasteiger charge is 2.26. The monoisotopic (exact) mass is 418 g/mol. The summed E-state index contributed by atoms with van der Waals surface area (Å²) in [5.41, 5.74) is 2.89. The molecule has 2 rings (SSSR count). The molecule has 1 N–H and O–H groups in total. The second-order valence-corrected chi connectivity index (χ2v) is 8.91. The van der Waals surface area contributed by atoms with Crippen LogP contribution in [0.5, 0.6) is 0 Å². The summed E-state index contributed by atoms with van der Waals surface area (Å²) in [5, 5.41) is 2.77. The van der Waals surface area contributed by atoms with Gasteiger partial charge < -0.3 is 10.1 Å². The molecule has 158 valence electrons. The first kappa shape index (κ1) is 23.1. The van der Waals surface area contributed by atoms with Gasteiger partial charge in [-0.3, -0.25) is 4.79 Å². The smallest absolute Gasteiger partial charge is 0.243 e. The molecule has 0 aliphatic carbocycles. The maximum absolute atomic E-state index is 13.2. The van der Waals surface area contributed by atoms with Gasteiger partial charge in [0.05, 0.1) is 11.4 Å². The van der Waals surface area contributed by atoms with E-state index in [1.165, 1.54) is 4.31 Å². The number of rotatable bonds is 11. The molecular formula is C22H30N2O4S. The highest BCUT2D eigenvalue weighted by atomic mass is 32.2. The quantitative estimate of drug-likeness (QED) is 0.569. The van der Waals surface area contributed by atoms with Crippen molar-refractivity contribution in [2.75, 3.05) is 26.3 Å². The molecule has 0 bridgehead atoms. The average molecular weight is 419 g/mol. The molecule has 0 aromatic heterocycles. The number of nitrogens with one attached hydrogen (secondary N) is 1. The lowest BCUT2D eigenvalue weighted by Gasteiger charge is -2.22. The molecular weight excluding hydrogens is 388 g/mol. The zero-order valence-corrected chi connectivity index (χ0v) is 18.2. The maximum atomic E-state index is 13.2. The number of sulfonamides is 1. The van der Waals surface area contributed by atoms with E-state index in [1.54, 1.807) is 24.3 Å². The number of ether oxygens (including phenoxy) is 1. The minimum atomic E-state index is -3.81. The number of carbonyl (C=O) groups excluding carboxylic acids is 1. The Balaban J connectivity index is 2.15. The van der Waals surface area contributed by atoms with Crippen molar-refractivity contribution in [3.63, 3.8) is 0 Å². The van der Waals surface area contributed by atoms with Crippen molar-refractivity contribution in [2.45, 2.75) is 38.6 Å². The predicted octanol–water partition coefficient (Wildman–Crippen LogP) is 3.04. The van der Waals surface area contributed by atoms with Gasteiger partial charge in [0, 0.05) is 26.3 Å². The van der Waals surface area contributed by atoms with Crippen LogP contribution >= 0.6 is 0 Å². The van der Waals surface area contributed by atoms with E-state index in [2.05, 4.69) is 5.32 Å². The molecule has 0 unspecified atom stereocenters. The Kier molecular flexibility index (Phi) is 8.82. The third-order valence-corrected chi connectivity index (χ3v) is 6.26. The van der Waals surface area contributed by atoms with Crippen molar-refractivity contribution in [1.29, 1.82) is 0 Å². The van der Waals surface area contributed by atoms with Crippen LogP contribution in [0.2, 0.25) is 0 Å². The van der Waals surface area contributed by atoms with Gasteiger partial charge in [-0.25, -0.2) is 8.42 Å². The Labute approximate surface area is 173 Å². The Morgan fingerprint density at radius 3 is 2.17 bits per heavy atom. The van der Waals surface area contributed by atoms with Gasteiger partial charge in [-0.15, -0.1) is 0 Å².